The van der Waals surface area contributed by atoms with E-state index in [1.807, 2.05) is 30.3 Å². The molecule has 2 aromatic carbocycles. The van der Waals surface area contributed by atoms with Crippen molar-refractivity contribution >= 4 is 11.8 Å². The maximum absolute atomic E-state index is 13.1. The fourth-order valence-corrected chi connectivity index (χ4v) is 2.49. The number of halogens is 2. The molecule has 0 bridgehead atoms. The molecule has 0 unspecified atom stereocenters. The molecule has 1 aliphatic rings. The van der Waals surface area contributed by atoms with Gasteiger partial charge in [0.05, 0.1) is 0 Å². The molecule has 120 valence electrons. The number of benzene rings is 2. The first-order valence-corrected chi connectivity index (χ1v) is 7.35. The maximum atomic E-state index is 13.1. The minimum absolute atomic E-state index is 0.000566. The van der Waals surface area contributed by atoms with Crippen molar-refractivity contribution in [2.75, 3.05) is 31.1 Å². The summed E-state index contributed by atoms with van der Waals surface area (Å²) < 4.78 is 31.1. The highest BCUT2D eigenvalue weighted by atomic mass is 19.2. The van der Waals surface area contributed by atoms with Crippen molar-refractivity contribution in [2.45, 2.75) is 0 Å². The standard InChI is InChI=1S/C17H16F2N2O2/c18-15-7-6-14(12-16(15)19)23-17(22)21-10-8-20(9-11-21)13-4-2-1-3-5-13/h1-7,12H,8-11H2. The Balaban J connectivity index is 1.57. The van der Waals surface area contributed by atoms with Crippen LogP contribution in [0.2, 0.25) is 0 Å². The molecule has 4 nitrogen and oxygen atoms in total. The molecule has 1 saturated heterocycles. The normalized spacial score (nSPS) is 14.7. The average molecular weight is 318 g/mol. The molecule has 1 aliphatic heterocycles. The number of carbonyl (C=O) groups excluding carboxylic acids is 1. The Morgan fingerprint density at radius 1 is 0.913 bits per heavy atom. The lowest BCUT2D eigenvalue weighted by Crippen LogP contribution is -2.49. The van der Waals surface area contributed by atoms with Gasteiger partial charge in [-0.25, -0.2) is 13.6 Å². The maximum Gasteiger partial charge on any atom is 0.415 e. The van der Waals surface area contributed by atoms with Gasteiger partial charge in [-0.1, -0.05) is 18.2 Å². The first kappa shape index (κ1) is 15.3. The predicted molar refractivity (Wildman–Crippen MR) is 82.6 cm³/mol. The van der Waals surface area contributed by atoms with Gasteiger partial charge in [0.25, 0.3) is 0 Å². The third-order valence-electron chi connectivity index (χ3n) is 3.76. The number of carbonyl (C=O) groups is 1. The molecule has 0 N–H and O–H groups in total. The molecule has 1 fully saturated rings. The second kappa shape index (κ2) is 6.64. The Bertz CT molecular complexity index is 686. The van der Waals surface area contributed by atoms with Gasteiger partial charge in [-0.15, -0.1) is 0 Å². The van der Waals surface area contributed by atoms with E-state index in [0.717, 1.165) is 17.8 Å². The van der Waals surface area contributed by atoms with Gasteiger partial charge >= 0.3 is 6.09 Å². The first-order chi connectivity index (χ1) is 11.1. The van der Waals surface area contributed by atoms with Crippen LogP contribution in [0.1, 0.15) is 0 Å². The van der Waals surface area contributed by atoms with Crippen LogP contribution in [0, 0.1) is 11.6 Å². The van der Waals surface area contributed by atoms with E-state index in [1.54, 1.807) is 4.90 Å². The second-order valence-corrected chi connectivity index (χ2v) is 5.25. The molecular formula is C17H16F2N2O2. The molecule has 23 heavy (non-hydrogen) atoms. The molecule has 0 radical (unpaired) electrons. The summed E-state index contributed by atoms with van der Waals surface area (Å²) in [4.78, 5) is 15.8. The van der Waals surface area contributed by atoms with E-state index in [0.29, 0.717) is 26.2 Å². The van der Waals surface area contributed by atoms with Crippen molar-refractivity contribution in [2.24, 2.45) is 0 Å². The third-order valence-corrected chi connectivity index (χ3v) is 3.76. The van der Waals surface area contributed by atoms with Crippen LogP contribution in [-0.2, 0) is 0 Å². The predicted octanol–water partition coefficient (Wildman–Crippen LogP) is 3.29. The lowest BCUT2D eigenvalue weighted by Gasteiger charge is -2.35. The Hall–Kier alpha value is -2.63. The Labute approximate surface area is 132 Å². The van der Waals surface area contributed by atoms with Gasteiger partial charge < -0.3 is 14.5 Å². The van der Waals surface area contributed by atoms with Crippen LogP contribution in [0.4, 0.5) is 19.3 Å². The zero-order valence-corrected chi connectivity index (χ0v) is 12.4. The van der Waals surface area contributed by atoms with Gasteiger partial charge in [0.1, 0.15) is 5.75 Å². The van der Waals surface area contributed by atoms with E-state index in [9.17, 15) is 13.6 Å². The van der Waals surface area contributed by atoms with Crippen LogP contribution in [0.3, 0.4) is 0 Å². The van der Waals surface area contributed by atoms with Gasteiger partial charge in [0.2, 0.25) is 0 Å². The third kappa shape index (κ3) is 3.59. The SMILES string of the molecule is O=C(Oc1ccc(F)c(F)c1)N1CCN(c2ccccc2)CC1. The van der Waals surface area contributed by atoms with Crippen LogP contribution < -0.4 is 9.64 Å². The van der Waals surface area contributed by atoms with Crippen molar-refractivity contribution in [3.63, 3.8) is 0 Å². The van der Waals surface area contributed by atoms with E-state index in [2.05, 4.69) is 4.90 Å². The van der Waals surface area contributed by atoms with E-state index < -0.39 is 17.7 Å². The smallest absolute Gasteiger partial charge is 0.410 e. The van der Waals surface area contributed by atoms with Crippen molar-refractivity contribution < 1.29 is 18.3 Å². The van der Waals surface area contributed by atoms with Crippen molar-refractivity contribution in [1.29, 1.82) is 0 Å². The fraction of sp³-hybridized carbons (Fsp3) is 0.235. The number of anilines is 1. The molecule has 0 aliphatic carbocycles. The highest BCUT2D eigenvalue weighted by molar-refractivity contribution is 5.71. The fourth-order valence-electron chi connectivity index (χ4n) is 2.49. The molecule has 3 rings (SSSR count). The summed E-state index contributed by atoms with van der Waals surface area (Å²) in [5.41, 5.74) is 1.11. The zero-order chi connectivity index (χ0) is 16.2. The van der Waals surface area contributed by atoms with Crippen LogP contribution in [0.15, 0.2) is 48.5 Å². The quantitative estimate of drug-likeness (QED) is 0.852. The summed E-state index contributed by atoms with van der Waals surface area (Å²) in [6.07, 6.45) is -0.552. The topological polar surface area (TPSA) is 32.8 Å². The van der Waals surface area contributed by atoms with E-state index >= 15 is 0 Å². The van der Waals surface area contributed by atoms with Crippen LogP contribution >= 0.6 is 0 Å². The van der Waals surface area contributed by atoms with Crippen LogP contribution in [0.25, 0.3) is 0 Å². The summed E-state index contributed by atoms with van der Waals surface area (Å²) in [5.74, 6) is -2.01. The lowest BCUT2D eigenvalue weighted by atomic mass is 10.2. The van der Waals surface area contributed by atoms with Gasteiger partial charge in [0, 0.05) is 37.9 Å². The lowest BCUT2D eigenvalue weighted by molar-refractivity contribution is 0.149. The highest BCUT2D eigenvalue weighted by Gasteiger charge is 2.23. The summed E-state index contributed by atoms with van der Waals surface area (Å²) >= 11 is 0. The summed E-state index contributed by atoms with van der Waals surface area (Å²) in [6, 6.07) is 13.0. The molecule has 0 saturated carbocycles. The second-order valence-electron chi connectivity index (χ2n) is 5.25. The van der Waals surface area contributed by atoms with Gasteiger partial charge in [0.15, 0.2) is 11.6 Å². The molecule has 0 spiro atoms. The van der Waals surface area contributed by atoms with Crippen molar-refractivity contribution in [3.8, 4) is 5.75 Å². The van der Waals surface area contributed by atoms with Gasteiger partial charge in [-0.2, -0.15) is 0 Å². The van der Waals surface area contributed by atoms with E-state index in [4.69, 9.17) is 4.74 Å². The highest BCUT2D eigenvalue weighted by Crippen LogP contribution is 2.18. The monoisotopic (exact) mass is 318 g/mol. The Morgan fingerprint density at radius 2 is 1.61 bits per heavy atom. The summed E-state index contributed by atoms with van der Waals surface area (Å²) in [6.45, 7) is 2.41. The van der Waals surface area contributed by atoms with Gasteiger partial charge in [-0.05, 0) is 24.3 Å². The number of ether oxygens (including phenoxy) is 1. The average Bonchev–Trinajstić information content (AvgIpc) is 2.59. The molecule has 1 heterocycles. The first-order valence-electron chi connectivity index (χ1n) is 7.35. The van der Waals surface area contributed by atoms with E-state index in [-0.39, 0.29) is 5.75 Å². The Kier molecular flexibility index (Phi) is 4.41. The number of nitrogens with zero attached hydrogens (tertiary/aromatic N) is 2. The minimum atomic E-state index is -1.04. The van der Waals surface area contributed by atoms with Crippen molar-refractivity contribution in [1.82, 2.24) is 4.90 Å². The summed E-state index contributed by atoms with van der Waals surface area (Å²) in [7, 11) is 0. The zero-order valence-electron chi connectivity index (χ0n) is 12.4. The number of amides is 1. The Morgan fingerprint density at radius 3 is 2.26 bits per heavy atom. The molecular weight excluding hydrogens is 302 g/mol. The molecule has 0 aromatic heterocycles. The number of rotatable bonds is 2. The molecule has 2 aromatic rings. The number of para-hydroxylation sites is 1. The van der Waals surface area contributed by atoms with Gasteiger partial charge in [-0.3, -0.25) is 0 Å². The largest absolute Gasteiger partial charge is 0.415 e. The van der Waals surface area contributed by atoms with Crippen molar-refractivity contribution in [3.05, 3.63) is 60.2 Å². The number of piperazine rings is 1. The molecule has 1 amide bonds. The summed E-state index contributed by atoms with van der Waals surface area (Å²) in [5, 5.41) is 0. The number of hydrogen-bond donors (Lipinski definition) is 0. The molecule has 0 atom stereocenters. The van der Waals surface area contributed by atoms with E-state index in [1.165, 1.54) is 6.07 Å². The van der Waals surface area contributed by atoms with Crippen LogP contribution in [-0.4, -0.2) is 37.2 Å². The molecule has 6 heteroatoms. The van der Waals surface area contributed by atoms with Crippen LogP contribution in [0.5, 0.6) is 5.75 Å². The number of hydrogen-bond acceptors (Lipinski definition) is 3. The minimum Gasteiger partial charge on any atom is -0.410 e.